The number of hydrogen-bond donors (Lipinski definition) is 1. The van der Waals surface area contributed by atoms with Gasteiger partial charge in [-0.25, -0.2) is 12.7 Å². The zero-order valence-electron chi connectivity index (χ0n) is 13.0. The van der Waals surface area contributed by atoms with Gasteiger partial charge in [0.25, 0.3) is 5.69 Å². The SMILES string of the molecule is CC(C(=O)O)S(=O)(=O)N1CCC(Oc2ccc([N+](=O)[O-])cc2)CC1. The van der Waals surface area contributed by atoms with Crippen LogP contribution >= 0.6 is 0 Å². The molecular formula is C14H18N2O7S. The Hall–Kier alpha value is -2.20. The standard InChI is InChI=1S/C14H18N2O7S/c1-10(14(17)18)24(21,22)15-8-6-13(7-9-15)23-12-4-2-11(3-5-12)16(19)20/h2-5,10,13H,6-9H2,1H3,(H,17,18). The highest BCUT2D eigenvalue weighted by Gasteiger charge is 2.36. The highest BCUT2D eigenvalue weighted by atomic mass is 32.2. The molecule has 1 aliphatic rings. The molecule has 0 aromatic heterocycles. The van der Waals surface area contributed by atoms with Gasteiger partial charge in [0.1, 0.15) is 11.9 Å². The van der Waals surface area contributed by atoms with E-state index in [0.29, 0.717) is 18.6 Å². The molecule has 1 saturated heterocycles. The van der Waals surface area contributed by atoms with Gasteiger partial charge in [0.15, 0.2) is 5.25 Å². The molecule has 132 valence electrons. The lowest BCUT2D eigenvalue weighted by molar-refractivity contribution is -0.384. The van der Waals surface area contributed by atoms with E-state index in [0.717, 1.165) is 6.92 Å². The Morgan fingerprint density at radius 2 is 1.88 bits per heavy atom. The van der Waals surface area contributed by atoms with Gasteiger partial charge in [0.05, 0.1) is 4.92 Å². The quantitative estimate of drug-likeness (QED) is 0.598. The lowest BCUT2D eigenvalue weighted by atomic mass is 10.1. The van der Waals surface area contributed by atoms with E-state index in [-0.39, 0.29) is 24.9 Å². The van der Waals surface area contributed by atoms with E-state index in [9.17, 15) is 23.3 Å². The molecule has 0 amide bonds. The van der Waals surface area contributed by atoms with E-state index in [1.165, 1.54) is 28.6 Å². The number of benzene rings is 1. The van der Waals surface area contributed by atoms with Gasteiger partial charge >= 0.3 is 5.97 Å². The van der Waals surface area contributed by atoms with Gasteiger partial charge in [-0.05, 0) is 31.9 Å². The minimum atomic E-state index is -3.87. The van der Waals surface area contributed by atoms with E-state index < -0.39 is 26.2 Å². The number of aliphatic carboxylic acids is 1. The van der Waals surface area contributed by atoms with Gasteiger partial charge in [-0.1, -0.05) is 0 Å². The molecule has 0 saturated carbocycles. The van der Waals surface area contributed by atoms with E-state index in [1.54, 1.807) is 0 Å². The van der Waals surface area contributed by atoms with Crippen LogP contribution in [0.5, 0.6) is 5.75 Å². The number of ether oxygens (including phenoxy) is 1. The Kier molecular flexibility index (Phi) is 5.40. The van der Waals surface area contributed by atoms with Crippen LogP contribution < -0.4 is 4.74 Å². The molecule has 0 bridgehead atoms. The smallest absolute Gasteiger partial charge is 0.323 e. The monoisotopic (exact) mass is 358 g/mol. The molecule has 0 aliphatic carbocycles. The molecule has 24 heavy (non-hydrogen) atoms. The largest absolute Gasteiger partial charge is 0.490 e. The van der Waals surface area contributed by atoms with Crippen molar-refractivity contribution in [1.82, 2.24) is 4.31 Å². The Morgan fingerprint density at radius 3 is 2.33 bits per heavy atom. The van der Waals surface area contributed by atoms with Crippen LogP contribution in [-0.2, 0) is 14.8 Å². The van der Waals surface area contributed by atoms with Gasteiger partial charge in [0, 0.05) is 25.2 Å². The topological polar surface area (TPSA) is 127 Å². The first-order valence-corrected chi connectivity index (χ1v) is 8.85. The average molecular weight is 358 g/mol. The molecule has 1 aromatic carbocycles. The fourth-order valence-electron chi connectivity index (χ4n) is 2.39. The lowest BCUT2D eigenvalue weighted by Gasteiger charge is -2.32. The molecule has 1 unspecified atom stereocenters. The molecule has 10 heteroatoms. The predicted octanol–water partition coefficient (Wildman–Crippen LogP) is 1.24. The van der Waals surface area contributed by atoms with E-state index >= 15 is 0 Å². The maximum Gasteiger partial charge on any atom is 0.323 e. The van der Waals surface area contributed by atoms with Crippen LogP contribution in [-0.4, -0.2) is 53.2 Å². The normalized spacial score (nSPS) is 18.0. The van der Waals surface area contributed by atoms with Gasteiger partial charge in [-0.3, -0.25) is 14.9 Å². The maximum absolute atomic E-state index is 12.1. The first kappa shape index (κ1) is 18.1. The zero-order valence-corrected chi connectivity index (χ0v) is 13.8. The number of nitrogens with zero attached hydrogens (tertiary/aromatic N) is 2. The summed E-state index contributed by atoms with van der Waals surface area (Å²) in [6, 6.07) is 5.66. The zero-order chi connectivity index (χ0) is 17.9. The van der Waals surface area contributed by atoms with Crippen molar-refractivity contribution in [2.24, 2.45) is 0 Å². The van der Waals surface area contributed by atoms with Crippen LogP contribution in [0.2, 0.25) is 0 Å². The van der Waals surface area contributed by atoms with Gasteiger partial charge in [-0.2, -0.15) is 0 Å². The summed E-state index contributed by atoms with van der Waals surface area (Å²) in [4.78, 5) is 21.0. The summed E-state index contributed by atoms with van der Waals surface area (Å²) in [6.45, 7) is 1.51. The third kappa shape index (κ3) is 4.01. The van der Waals surface area contributed by atoms with Crippen molar-refractivity contribution < 1.29 is 28.0 Å². The summed E-state index contributed by atoms with van der Waals surface area (Å²) >= 11 is 0. The number of hydrogen-bond acceptors (Lipinski definition) is 6. The second kappa shape index (κ2) is 7.14. The van der Waals surface area contributed by atoms with E-state index in [1.807, 2.05) is 0 Å². The number of piperidine rings is 1. The van der Waals surface area contributed by atoms with E-state index in [2.05, 4.69) is 0 Å². The lowest BCUT2D eigenvalue weighted by Crippen LogP contribution is -2.46. The Balaban J connectivity index is 1.93. The number of carboxylic acids is 1. The molecule has 1 aromatic rings. The molecule has 0 radical (unpaired) electrons. The first-order chi connectivity index (χ1) is 11.2. The molecule has 2 rings (SSSR count). The number of non-ortho nitro benzene ring substituents is 1. The van der Waals surface area contributed by atoms with Crippen molar-refractivity contribution in [3.8, 4) is 5.75 Å². The van der Waals surface area contributed by atoms with E-state index in [4.69, 9.17) is 9.84 Å². The fraction of sp³-hybridized carbons (Fsp3) is 0.500. The van der Waals surface area contributed by atoms with Crippen molar-refractivity contribution >= 4 is 21.7 Å². The predicted molar refractivity (Wildman–Crippen MR) is 84.3 cm³/mol. The average Bonchev–Trinajstić information content (AvgIpc) is 2.55. The Labute approximate surface area is 139 Å². The molecule has 1 aliphatic heterocycles. The molecule has 1 heterocycles. The summed E-state index contributed by atoms with van der Waals surface area (Å²) < 4.78 is 31.1. The van der Waals surface area contributed by atoms with Crippen molar-refractivity contribution in [1.29, 1.82) is 0 Å². The van der Waals surface area contributed by atoms with Crippen molar-refractivity contribution in [3.63, 3.8) is 0 Å². The number of nitro benzene ring substituents is 1. The highest BCUT2D eigenvalue weighted by Crippen LogP contribution is 2.23. The molecule has 1 atom stereocenters. The van der Waals surface area contributed by atoms with Crippen LogP contribution in [0.3, 0.4) is 0 Å². The maximum atomic E-state index is 12.1. The van der Waals surface area contributed by atoms with Gasteiger partial charge < -0.3 is 9.84 Å². The van der Waals surface area contributed by atoms with Gasteiger partial charge in [-0.15, -0.1) is 0 Å². The van der Waals surface area contributed by atoms with Crippen LogP contribution in [0.1, 0.15) is 19.8 Å². The molecule has 0 spiro atoms. The Bertz CT molecular complexity index is 709. The summed E-state index contributed by atoms with van der Waals surface area (Å²) in [7, 11) is -3.87. The summed E-state index contributed by atoms with van der Waals surface area (Å²) in [6.07, 6.45) is 0.614. The number of sulfonamides is 1. The second-order valence-corrected chi connectivity index (χ2v) is 7.75. The van der Waals surface area contributed by atoms with Crippen molar-refractivity contribution in [2.45, 2.75) is 31.1 Å². The number of carboxylic acid groups (broad SMARTS) is 1. The minimum Gasteiger partial charge on any atom is -0.490 e. The van der Waals surface area contributed by atoms with Crippen molar-refractivity contribution in [3.05, 3.63) is 34.4 Å². The van der Waals surface area contributed by atoms with Crippen molar-refractivity contribution in [2.75, 3.05) is 13.1 Å². The number of carbonyl (C=O) groups is 1. The van der Waals surface area contributed by atoms with Crippen LogP contribution in [0.25, 0.3) is 0 Å². The Morgan fingerprint density at radius 1 is 1.33 bits per heavy atom. The third-order valence-corrected chi connectivity index (χ3v) is 6.09. The number of nitro groups is 1. The van der Waals surface area contributed by atoms with Gasteiger partial charge in [0.2, 0.25) is 10.0 Å². The van der Waals surface area contributed by atoms with Crippen LogP contribution in [0.15, 0.2) is 24.3 Å². The molecule has 1 fully saturated rings. The summed E-state index contributed by atoms with van der Waals surface area (Å²) in [5.41, 5.74) is -0.0362. The number of rotatable bonds is 6. The summed E-state index contributed by atoms with van der Waals surface area (Å²) in [5, 5.41) is 18.0. The third-order valence-electron chi connectivity index (χ3n) is 3.91. The molecular weight excluding hydrogens is 340 g/mol. The van der Waals surface area contributed by atoms with Crippen LogP contribution in [0, 0.1) is 10.1 Å². The van der Waals surface area contributed by atoms with Crippen LogP contribution in [0.4, 0.5) is 5.69 Å². The minimum absolute atomic E-state index is 0.0362. The fourth-order valence-corrected chi connectivity index (χ4v) is 3.82. The highest BCUT2D eigenvalue weighted by molar-refractivity contribution is 7.90. The second-order valence-electron chi connectivity index (χ2n) is 5.49. The molecule has 9 nitrogen and oxygen atoms in total. The first-order valence-electron chi connectivity index (χ1n) is 7.34. The summed E-state index contributed by atoms with van der Waals surface area (Å²) in [5.74, 6) is -0.903. The molecule has 1 N–H and O–H groups in total.